The lowest BCUT2D eigenvalue weighted by atomic mass is 9.99. The molecule has 3 N–H and O–H groups in total. The standard InChI is InChI=1S/C21H28N8O/c1-13-11-29-19(23-20(13)27-8-6-15(22)12-27)10-16(26-29)18-5-3-4-7-28(18)21(30)17-9-14(2)24-25-17/h9-11,15,18H,3-8,12,22H2,1-2H3,(H,24,25)/t15-,18-/m0/s1. The maximum Gasteiger partial charge on any atom is 0.272 e. The third-order valence-electron chi connectivity index (χ3n) is 6.19. The summed E-state index contributed by atoms with van der Waals surface area (Å²) in [4.78, 5) is 22.2. The van der Waals surface area contributed by atoms with Gasteiger partial charge in [0.25, 0.3) is 5.91 Å². The molecule has 9 nitrogen and oxygen atoms in total. The van der Waals surface area contributed by atoms with Crippen molar-refractivity contribution in [3.63, 3.8) is 0 Å². The van der Waals surface area contributed by atoms with E-state index < -0.39 is 0 Å². The van der Waals surface area contributed by atoms with Crippen molar-refractivity contribution < 1.29 is 4.79 Å². The van der Waals surface area contributed by atoms with Crippen LogP contribution in [0.4, 0.5) is 5.82 Å². The molecule has 0 spiro atoms. The minimum atomic E-state index is -0.0551. The van der Waals surface area contributed by atoms with E-state index in [9.17, 15) is 4.79 Å². The molecule has 2 saturated heterocycles. The summed E-state index contributed by atoms with van der Waals surface area (Å²) in [6.45, 7) is 6.42. The third-order valence-corrected chi connectivity index (χ3v) is 6.19. The highest BCUT2D eigenvalue weighted by Gasteiger charge is 2.32. The van der Waals surface area contributed by atoms with Gasteiger partial charge in [-0.3, -0.25) is 9.89 Å². The number of nitrogens with zero attached hydrogens (tertiary/aromatic N) is 6. The normalized spacial score (nSPS) is 22.2. The van der Waals surface area contributed by atoms with Crippen molar-refractivity contribution in [2.24, 2.45) is 5.73 Å². The van der Waals surface area contributed by atoms with E-state index in [4.69, 9.17) is 15.8 Å². The van der Waals surface area contributed by atoms with Crippen LogP contribution in [0.5, 0.6) is 0 Å². The number of aromatic amines is 1. The number of H-pyrrole nitrogens is 1. The lowest BCUT2D eigenvalue weighted by Crippen LogP contribution is -2.38. The van der Waals surface area contributed by atoms with E-state index in [0.29, 0.717) is 5.69 Å². The van der Waals surface area contributed by atoms with Crippen molar-refractivity contribution in [3.05, 3.63) is 41.0 Å². The molecule has 158 valence electrons. The molecule has 30 heavy (non-hydrogen) atoms. The maximum absolute atomic E-state index is 13.1. The van der Waals surface area contributed by atoms with E-state index in [1.165, 1.54) is 0 Å². The molecular weight excluding hydrogens is 380 g/mol. The monoisotopic (exact) mass is 408 g/mol. The van der Waals surface area contributed by atoms with Crippen molar-refractivity contribution in [2.45, 2.75) is 51.6 Å². The van der Waals surface area contributed by atoms with Gasteiger partial charge in [0.15, 0.2) is 5.65 Å². The van der Waals surface area contributed by atoms with E-state index in [2.05, 4.69) is 22.0 Å². The first-order chi connectivity index (χ1) is 14.5. The van der Waals surface area contributed by atoms with Gasteiger partial charge >= 0.3 is 0 Å². The van der Waals surface area contributed by atoms with Crippen molar-refractivity contribution in [2.75, 3.05) is 24.5 Å². The Balaban J connectivity index is 1.47. The molecule has 3 aromatic heterocycles. The molecular formula is C21H28N8O. The van der Waals surface area contributed by atoms with E-state index in [1.54, 1.807) is 6.07 Å². The Labute approximate surface area is 175 Å². The molecule has 1 amide bonds. The minimum Gasteiger partial charge on any atom is -0.355 e. The molecule has 5 rings (SSSR count). The van der Waals surface area contributed by atoms with E-state index in [0.717, 1.165) is 73.7 Å². The number of carbonyl (C=O) groups excluding carboxylic acids is 1. The average Bonchev–Trinajstić information content (AvgIpc) is 3.46. The zero-order valence-corrected chi connectivity index (χ0v) is 17.5. The second-order valence-corrected chi connectivity index (χ2v) is 8.55. The molecule has 0 radical (unpaired) electrons. The van der Waals surface area contributed by atoms with Gasteiger partial charge in [-0.2, -0.15) is 10.2 Å². The number of hydrogen-bond acceptors (Lipinski definition) is 6. The van der Waals surface area contributed by atoms with E-state index >= 15 is 0 Å². The topological polar surface area (TPSA) is 108 Å². The van der Waals surface area contributed by atoms with E-state index in [-0.39, 0.29) is 18.0 Å². The van der Waals surface area contributed by atoms with Crippen molar-refractivity contribution in [3.8, 4) is 0 Å². The second-order valence-electron chi connectivity index (χ2n) is 8.55. The predicted molar refractivity (Wildman–Crippen MR) is 113 cm³/mol. The van der Waals surface area contributed by atoms with Gasteiger partial charge in [0.1, 0.15) is 11.5 Å². The average molecular weight is 409 g/mol. The quantitative estimate of drug-likeness (QED) is 0.686. The molecule has 0 saturated carbocycles. The number of aromatic nitrogens is 5. The summed E-state index contributed by atoms with van der Waals surface area (Å²) in [7, 11) is 0. The van der Waals surface area contributed by atoms with Crippen LogP contribution in [-0.2, 0) is 0 Å². The summed E-state index contributed by atoms with van der Waals surface area (Å²) in [6.07, 6.45) is 5.99. The second kappa shape index (κ2) is 7.39. The van der Waals surface area contributed by atoms with Crippen LogP contribution in [-0.4, -0.2) is 61.3 Å². The highest BCUT2D eigenvalue weighted by molar-refractivity contribution is 5.92. The van der Waals surface area contributed by atoms with Gasteiger partial charge < -0.3 is 15.5 Å². The number of nitrogens with two attached hydrogens (primary N) is 1. The number of likely N-dealkylation sites (tertiary alicyclic amines) is 1. The first kappa shape index (κ1) is 19.0. The number of nitrogens with one attached hydrogen (secondary N) is 1. The number of carbonyl (C=O) groups is 1. The molecule has 0 unspecified atom stereocenters. The highest BCUT2D eigenvalue weighted by Crippen LogP contribution is 2.32. The summed E-state index contributed by atoms with van der Waals surface area (Å²) in [5.41, 5.74) is 10.2. The lowest BCUT2D eigenvalue weighted by molar-refractivity contribution is 0.0599. The zero-order valence-electron chi connectivity index (χ0n) is 17.5. The number of piperidine rings is 1. The van der Waals surface area contributed by atoms with Crippen LogP contribution in [0.2, 0.25) is 0 Å². The van der Waals surface area contributed by atoms with Crippen LogP contribution >= 0.6 is 0 Å². The van der Waals surface area contributed by atoms with Crippen molar-refractivity contribution >= 4 is 17.4 Å². The van der Waals surface area contributed by atoms with Gasteiger partial charge in [0.2, 0.25) is 0 Å². The number of hydrogen-bond donors (Lipinski definition) is 2. The van der Waals surface area contributed by atoms with Gasteiger partial charge in [0.05, 0.1) is 17.4 Å². The number of amides is 1. The number of fused-ring (bicyclic) bond motifs is 1. The summed E-state index contributed by atoms with van der Waals surface area (Å²) in [5, 5.41) is 11.8. The van der Waals surface area contributed by atoms with Gasteiger partial charge in [-0.15, -0.1) is 0 Å². The third kappa shape index (κ3) is 3.32. The first-order valence-corrected chi connectivity index (χ1v) is 10.7. The van der Waals surface area contributed by atoms with Gasteiger partial charge in [-0.25, -0.2) is 9.50 Å². The Bertz CT molecular complexity index is 1090. The highest BCUT2D eigenvalue weighted by atomic mass is 16.2. The number of aryl methyl sites for hydroxylation is 2. The summed E-state index contributed by atoms with van der Waals surface area (Å²) >= 11 is 0. The van der Waals surface area contributed by atoms with Crippen LogP contribution in [0.15, 0.2) is 18.3 Å². The summed E-state index contributed by atoms with van der Waals surface area (Å²) in [6, 6.07) is 3.97. The Morgan fingerprint density at radius 1 is 1.20 bits per heavy atom. The van der Waals surface area contributed by atoms with E-state index in [1.807, 2.05) is 28.6 Å². The van der Waals surface area contributed by atoms with Crippen LogP contribution in [0.1, 0.15) is 59.2 Å². The lowest BCUT2D eigenvalue weighted by Gasteiger charge is -2.34. The van der Waals surface area contributed by atoms with Gasteiger partial charge in [0, 0.05) is 43.5 Å². The molecule has 0 aliphatic carbocycles. The number of anilines is 1. The number of rotatable bonds is 3. The Morgan fingerprint density at radius 2 is 2.07 bits per heavy atom. The van der Waals surface area contributed by atoms with Gasteiger partial charge in [-0.05, 0) is 45.6 Å². The fourth-order valence-electron chi connectivity index (χ4n) is 4.65. The smallest absolute Gasteiger partial charge is 0.272 e. The largest absolute Gasteiger partial charge is 0.355 e. The molecule has 2 aliphatic heterocycles. The summed E-state index contributed by atoms with van der Waals surface area (Å²) < 4.78 is 1.84. The fraction of sp³-hybridized carbons (Fsp3) is 0.524. The van der Waals surface area contributed by atoms with Crippen LogP contribution in [0.25, 0.3) is 5.65 Å². The van der Waals surface area contributed by atoms with Crippen molar-refractivity contribution in [1.29, 1.82) is 0 Å². The summed E-state index contributed by atoms with van der Waals surface area (Å²) in [5.74, 6) is 0.958. The Kier molecular flexibility index (Phi) is 4.69. The molecule has 2 fully saturated rings. The Morgan fingerprint density at radius 3 is 2.80 bits per heavy atom. The maximum atomic E-state index is 13.1. The Hall–Kier alpha value is -2.94. The zero-order chi connectivity index (χ0) is 20.8. The minimum absolute atomic E-state index is 0.0201. The molecule has 2 aliphatic rings. The predicted octanol–water partition coefficient (Wildman–Crippen LogP) is 1.97. The molecule has 5 heterocycles. The molecule has 0 bridgehead atoms. The van der Waals surface area contributed by atoms with Crippen LogP contribution < -0.4 is 10.6 Å². The molecule has 3 aromatic rings. The van der Waals surface area contributed by atoms with Crippen molar-refractivity contribution in [1.82, 2.24) is 29.7 Å². The molecule has 2 atom stereocenters. The fourth-order valence-corrected chi connectivity index (χ4v) is 4.65. The molecule has 0 aromatic carbocycles. The molecule has 9 heteroatoms. The first-order valence-electron chi connectivity index (χ1n) is 10.7. The van der Waals surface area contributed by atoms with Crippen LogP contribution in [0, 0.1) is 13.8 Å². The van der Waals surface area contributed by atoms with Crippen LogP contribution in [0.3, 0.4) is 0 Å². The van der Waals surface area contributed by atoms with Gasteiger partial charge in [-0.1, -0.05) is 0 Å². The SMILES string of the molecule is Cc1cc(C(=O)N2CCCC[C@H]2c2cc3nc(N4CC[C@H](N)C4)c(C)cn3n2)[nH]n1.